The maximum Gasteiger partial charge on any atom is 0.221 e. The number of carbonyl (C=O) groups excluding carboxylic acids is 1. The van der Waals surface area contributed by atoms with Gasteiger partial charge in [0.15, 0.2) is 0 Å². The maximum absolute atomic E-state index is 11.7. The van der Waals surface area contributed by atoms with Gasteiger partial charge in [0.2, 0.25) is 5.91 Å². The van der Waals surface area contributed by atoms with Crippen LogP contribution in [0.1, 0.15) is 25.0 Å². The molecule has 1 aliphatic rings. The van der Waals surface area contributed by atoms with Crippen molar-refractivity contribution in [3.8, 4) is 10.6 Å². The molecule has 4 rings (SSSR count). The average Bonchev–Trinajstić information content (AvgIpc) is 3.04. The predicted molar refractivity (Wildman–Crippen MR) is 103 cm³/mol. The topological polar surface area (TPSA) is 46.4 Å². The van der Waals surface area contributed by atoms with Crippen LogP contribution in [0.5, 0.6) is 0 Å². The summed E-state index contributed by atoms with van der Waals surface area (Å²) < 4.78 is 1.17. The van der Waals surface area contributed by atoms with Crippen LogP contribution in [0, 0.1) is 0 Å². The highest BCUT2D eigenvalue weighted by Gasteiger charge is 2.22. The van der Waals surface area contributed by atoms with Crippen LogP contribution in [0.3, 0.4) is 0 Å². The molecule has 1 atom stereocenters. The molecule has 0 saturated carbocycles. The van der Waals surface area contributed by atoms with Crippen LogP contribution in [0.2, 0.25) is 0 Å². The molecule has 2 aromatic carbocycles. The molecule has 0 bridgehead atoms. The van der Waals surface area contributed by atoms with E-state index < -0.39 is 0 Å². The van der Waals surface area contributed by atoms with Gasteiger partial charge in [0.25, 0.3) is 0 Å². The smallest absolute Gasteiger partial charge is 0.221 e. The van der Waals surface area contributed by atoms with Gasteiger partial charge in [-0.2, -0.15) is 0 Å². The predicted octanol–water partition coefficient (Wildman–Crippen LogP) is 2.88. The number of nitrogens with one attached hydrogen (secondary N) is 2. The zero-order valence-electron chi connectivity index (χ0n) is 14.6. The van der Waals surface area contributed by atoms with E-state index in [-0.39, 0.29) is 5.91 Å². The fourth-order valence-electron chi connectivity index (χ4n) is 3.52. The lowest BCUT2D eigenvalue weighted by atomic mass is 9.96. The van der Waals surface area contributed by atoms with E-state index in [4.69, 9.17) is 4.98 Å². The second-order valence-electron chi connectivity index (χ2n) is 6.61. The number of hydrogen-bond acceptors (Lipinski definition) is 3. The second-order valence-corrected chi connectivity index (χ2v) is 7.65. The third-order valence-electron chi connectivity index (χ3n) is 4.86. The number of carbonyl (C=O) groups is 1. The number of para-hydroxylation sites is 1. The van der Waals surface area contributed by atoms with Crippen LogP contribution >= 0.6 is 11.3 Å². The van der Waals surface area contributed by atoms with Gasteiger partial charge in [0.05, 0.1) is 29.0 Å². The normalized spacial score (nSPS) is 16.6. The lowest BCUT2D eigenvalue weighted by Crippen LogP contribution is -3.11. The van der Waals surface area contributed by atoms with Crippen LogP contribution in [0.4, 0.5) is 5.69 Å². The summed E-state index contributed by atoms with van der Waals surface area (Å²) in [7, 11) is 0. The van der Waals surface area contributed by atoms with Crippen molar-refractivity contribution in [1.82, 2.24) is 4.98 Å². The molecule has 3 aromatic rings. The van der Waals surface area contributed by atoms with E-state index in [1.165, 1.54) is 22.4 Å². The zero-order valence-corrected chi connectivity index (χ0v) is 15.4. The number of amides is 1. The Morgan fingerprint density at radius 3 is 2.88 bits per heavy atom. The molecule has 1 aromatic heterocycles. The molecule has 5 heteroatoms. The first-order chi connectivity index (χ1) is 12.1. The monoisotopic (exact) mass is 352 g/mol. The molecule has 2 N–H and O–H groups in total. The number of hydrogen-bond donors (Lipinski definition) is 2. The van der Waals surface area contributed by atoms with Crippen molar-refractivity contribution in [2.24, 2.45) is 0 Å². The Morgan fingerprint density at radius 2 is 2.12 bits per heavy atom. The molecular weight excluding hydrogens is 330 g/mol. The fourth-order valence-corrected chi connectivity index (χ4v) is 4.51. The summed E-state index contributed by atoms with van der Waals surface area (Å²) in [6.45, 7) is 7.12. The number of thiazole rings is 1. The second kappa shape index (κ2) is 6.58. The molecule has 2 heterocycles. The average molecular weight is 352 g/mol. The van der Waals surface area contributed by atoms with E-state index >= 15 is 0 Å². The molecule has 4 nitrogen and oxygen atoms in total. The molecule has 0 spiro atoms. The summed E-state index contributed by atoms with van der Waals surface area (Å²) in [4.78, 5) is 18.1. The number of anilines is 1. The number of benzene rings is 2. The molecular formula is C20H22N3OS+. The highest BCUT2D eigenvalue weighted by atomic mass is 32.1. The van der Waals surface area contributed by atoms with Crippen LogP contribution in [-0.2, 0) is 17.8 Å². The van der Waals surface area contributed by atoms with Gasteiger partial charge in [-0.05, 0) is 36.8 Å². The number of aromatic nitrogens is 1. The zero-order chi connectivity index (χ0) is 17.4. The fraction of sp³-hybridized carbons (Fsp3) is 0.300. The van der Waals surface area contributed by atoms with E-state index in [2.05, 4.69) is 30.4 Å². The van der Waals surface area contributed by atoms with E-state index in [1.807, 2.05) is 18.2 Å². The van der Waals surface area contributed by atoms with Crippen LogP contribution in [0.25, 0.3) is 20.8 Å². The quantitative estimate of drug-likeness (QED) is 0.761. The van der Waals surface area contributed by atoms with Gasteiger partial charge in [-0.15, -0.1) is 11.3 Å². The maximum atomic E-state index is 11.7. The molecule has 1 unspecified atom stereocenters. The van der Waals surface area contributed by atoms with Crippen LogP contribution in [0.15, 0.2) is 36.4 Å². The molecule has 0 saturated heterocycles. The van der Waals surface area contributed by atoms with Gasteiger partial charge < -0.3 is 10.2 Å². The van der Waals surface area contributed by atoms with E-state index in [0.29, 0.717) is 0 Å². The molecule has 0 fully saturated rings. The van der Waals surface area contributed by atoms with Crippen LogP contribution < -0.4 is 10.2 Å². The lowest BCUT2D eigenvalue weighted by Gasteiger charge is -2.26. The van der Waals surface area contributed by atoms with E-state index in [0.717, 1.165) is 41.3 Å². The lowest BCUT2D eigenvalue weighted by molar-refractivity contribution is -0.914. The Balaban J connectivity index is 1.83. The standard InChI is InChI=1S/C20H21N3OS/c1-3-23-9-8-14-10-16(18(21-13(2)24)11-15(14)12-23)20-22-17-6-4-5-7-19(17)25-20/h4-7,10-11H,3,8-9,12H2,1-2H3,(H,21,24)/p+1. The molecule has 128 valence electrons. The minimum atomic E-state index is -0.0437. The first-order valence-corrected chi connectivity index (χ1v) is 9.58. The summed E-state index contributed by atoms with van der Waals surface area (Å²) in [5.74, 6) is -0.0437. The summed E-state index contributed by atoms with van der Waals surface area (Å²) in [5.41, 5.74) is 5.66. The number of fused-ring (bicyclic) bond motifs is 2. The van der Waals surface area contributed by atoms with Gasteiger partial charge in [0, 0.05) is 24.5 Å². The van der Waals surface area contributed by atoms with Crippen molar-refractivity contribution < 1.29 is 9.69 Å². The van der Waals surface area contributed by atoms with E-state index in [9.17, 15) is 4.79 Å². The van der Waals surface area contributed by atoms with Crippen molar-refractivity contribution >= 4 is 33.1 Å². The van der Waals surface area contributed by atoms with Crippen molar-refractivity contribution in [2.45, 2.75) is 26.8 Å². The highest BCUT2D eigenvalue weighted by molar-refractivity contribution is 7.21. The summed E-state index contributed by atoms with van der Waals surface area (Å²) in [6.07, 6.45) is 1.08. The van der Waals surface area contributed by atoms with Crippen molar-refractivity contribution in [2.75, 3.05) is 18.4 Å². The van der Waals surface area contributed by atoms with Gasteiger partial charge in [-0.25, -0.2) is 4.98 Å². The molecule has 25 heavy (non-hydrogen) atoms. The third kappa shape index (κ3) is 3.17. The first-order valence-electron chi connectivity index (χ1n) is 8.77. The number of rotatable bonds is 3. The van der Waals surface area contributed by atoms with Gasteiger partial charge in [-0.3, -0.25) is 4.79 Å². The first kappa shape index (κ1) is 16.2. The number of likely N-dealkylation sites (N-methyl/N-ethyl adjacent to an activating group) is 1. The summed E-state index contributed by atoms with van der Waals surface area (Å²) >= 11 is 1.68. The van der Waals surface area contributed by atoms with Crippen LogP contribution in [-0.4, -0.2) is 24.0 Å². The highest BCUT2D eigenvalue weighted by Crippen LogP contribution is 2.36. The SMILES string of the molecule is CC[NH+]1CCc2cc(-c3nc4ccccc4s3)c(NC(C)=O)cc2C1. The van der Waals surface area contributed by atoms with Crippen molar-refractivity contribution in [3.63, 3.8) is 0 Å². The van der Waals surface area contributed by atoms with E-state index in [1.54, 1.807) is 23.2 Å². The Bertz CT molecular complexity index is 914. The van der Waals surface area contributed by atoms with Crippen molar-refractivity contribution in [1.29, 1.82) is 0 Å². The molecule has 0 radical (unpaired) electrons. The summed E-state index contributed by atoms with van der Waals surface area (Å²) in [6, 6.07) is 12.6. The minimum Gasteiger partial charge on any atom is -0.331 e. The number of nitrogens with zero attached hydrogens (tertiary/aromatic N) is 1. The third-order valence-corrected chi connectivity index (χ3v) is 5.93. The largest absolute Gasteiger partial charge is 0.331 e. The van der Waals surface area contributed by atoms with Crippen molar-refractivity contribution in [3.05, 3.63) is 47.5 Å². The number of quaternary nitrogens is 1. The Morgan fingerprint density at radius 1 is 1.28 bits per heavy atom. The summed E-state index contributed by atoms with van der Waals surface area (Å²) in [5, 5.41) is 3.99. The Hall–Kier alpha value is -2.24. The molecule has 1 amide bonds. The molecule has 0 aliphatic carbocycles. The minimum absolute atomic E-state index is 0.0437. The Kier molecular flexibility index (Phi) is 4.27. The van der Waals surface area contributed by atoms with Gasteiger partial charge >= 0.3 is 0 Å². The van der Waals surface area contributed by atoms with Gasteiger partial charge in [-0.1, -0.05) is 12.1 Å². The molecule has 1 aliphatic heterocycles. The Labute approximate surface area is 151 Å². The van der Waals surface area contributed by atoms with Gasteiger partial charge in [0.1, 0.15) is 11.6 Å².